The van der Waals surface area contributed by atoms with Crippen molar-refractivity contribution in [1.29, 1.82) is 0 Å². The second-order valence-corrected chi connectivity index (χ2v) is 4.79. The number of nitrogens with one attached hydrogen (secondary N) is 1. The number of ether oxygens (including phenoxy) is 1. The van der Waals surface area contributed by atoms with Crippen LogP contribution in [0.5, 0.6) is 5.75 Å². The molecule has 0 aromatic carbocycles. The molecule has 0 amide bonds. The molecule has 0 fully saturated rings. The molecule has 0 aliphatic carbocycles. The third-order valence-electron chi connectivity index (χ3n) is 2.67. The lowest BCUT2D eigenvalue weighted by molar-refractivity contribution is 0.396. The smallest absolute Gasteiger partial charge is 0.161 e. The van der Waals surface area contributed by atoms with E-state index in [4.69, 9.17) is 4.74 Å². The summed E-state index contributed by atoms with van der Waals surface area (Å²) < 4.78 is 7.42. The molecule has 0 saturated heterocycles. The van der Waals surface area contributed by atoms with Crippen LogP contribution >= 0.6 is 11.8 Å². The maximum atomic E-state index is 5.40. The summed E-state index contributed by atoms with van der Waals surface area (Å²) in [6.07, 6.45) is 5.06. The van der Waals surface area contributed by atoms with Crippen molar-refractivity contribution in [3.05, 3.63) is 11.9 Å². The zero-order valence-electron chi connectivity index (χ0n) is 11.2. The van der Waals surface area contributed by atoms with Gasteiger partial charge in [-0.25, -0.2) is 0 Å². The van der Waals surface area contributed by atoms with Gasteiger partial charge in [-0.3, -0.25) is 4.68 Å². The number of hydrogen-bond acceptors (Lipinski definition) is 4. The Kier molecular flexibility index (Phi) is 6.44. The normalized spacial score (nSPS) is 12.7. The maximum absolute atomic E-state index is 5.40. The van der Waals surface area contributed by atoms with Crippen molar-refractivity contribution in [2.75, 3.05) is 25.7 Å². The van der Waals surface area contributed by atoms with Gasteiger partial charge in [0.05, 0.1) is 25.0 Å². The van der Waals surface area contributed by atoms with Gasteiger partial charge in [0, 0.05) is 12.3 Å². The number of aryl methyl sites for hydroxylation is 1. The van der Waals surface area contributed by atoms with E-state index in [1.807, 2.05) is 16.4 Å². The molecule has 1 aromatic heterocycles. The van der Waals surface area contributed by atoms with Crippen molar-refractivity contribution in [3.8, 4) is 5.75 Å². The SMILES string of the molecule is CCCNC(CSC)c1c(OC)cnn1CC. The molecule has 5 heteroatoms. The van der Waals surface area contributed by atoms with Gasteiger partial charge in [0.1, 0.15) is 0 Å². The van der Waals surface area contributed by atoms with Crippen LogP contribution in [-0.4, -0.2) is 35.4 Å². The first-order valence-corrected chi connectivity index (χ1v) is 7.49. The Hall–Kier alpha value is -0.680. The molecule has 1 atom stereocenters. The molecule has 0 aliphatic rings. The summed E-state index contributed by atoms with van der Waals surface area (Å²) >= 11 is 1.84. The summed E-state index contributed by atoms with van der Waals surface area (Å²) in [6, 6.07) is 0.308. The lowest BCUT2D eigenvalue weighted by Gasteiger charge is -2.19. The fraction of sp³-hybridized carbons (Fsp3) is 0.750. The molecule has 1 heterocycles. The molecular formula is C12H23N3OS. The quantitative estimate of drug-likeness (QED) is 0.776. The summed E-state index contributed by atoms with van der Waals surface area (Å²) in [5.74, 6) is 1.91. The van der Waals surface area contributed by atoms with E-state index in [0.29, 0.717) is 6.04 Å². The van der Waals surface area contributed by atoms with Gasteiger partial charge in [-0.05, 0) is 26.1 Å². The Labute approximate surface area is 108 Å². The highest BCUT2D eigenvalue weighted by molar-refractivity contribution is 7.98. The number of aromatic nitrogens is 2. The molecule has 1 rings (SSSR count). The Morgan fingerprint density at radius 2 is 2.29 bits per heavy atom. The Balaban J connectivity index is 2.93. The minimum absolute atomic E-state index is 0.308. The van der Waals surface area contributed by atoms with E-state index in [1.54, 1.807) is 13.3 Å². The number of hydrogen-bond donors (Lipinski definition) is 1. The van der Waals surface area contributed by atoms with Gasteiger partial charge in [0.15, 0.2) is 5.75 Å². The minimum atomic E-state index is 0.308. The number of rotatable bonds is 8. The summed E-state index contributed by atoms with van der Waals surface area (Å²) in [4.78, 5) is 0. The van der Waals surface area contributed by atoms with Gasteiger partial charge in [-0.2, -0.15) is 16.9 Å². The average Bonchev–Trinajstić information content (AvgIpc) is 2.77. The first kappa shape index (κ1) is 14.4. The number of methoxy groups -OCH3 is 1. The third-order valence-corrected chi connectivity index (χ3v) is 3.34. The van der Waals surface area contributed by atoms with Crippen LogP contribution in [0.3, 0.4) is 0 Å². The van der Waals surface area contributed by atoms with Crippen LogP contribution in [0.15, 0.2) is 6.20 Å². The van der Waals surface area contributed by atoms with Crippen LogP contribution in [0.2, 0.25) is 0 Å². The highest BCUT2D eigenvalue weighted by atomic mass is 32.2. The first-order valence-electron chi connectivity index (χ1n) is 6.10. The fourth-order valence-corrected chi connectivity index (χ4v) is 2.47. The molecule has 1 aromatic rings. The van der Waals surface area contributed by atoms with E-state index in [9.17, 15) is 0 Å². The largest absolute Gasteiger partial charge is 0.493 e. The summed E-state index contributed by atoms with van der Waals surface area (Å²) in [5, 5.41) is 7.92. The van der Waals surface area contributed by atoms with E-state index >= 15 is 0 Å². The molecule has 98 valence electrons. The van der Waals surface area contributed by atoms with E-state index in [2.05, 4.69) is 30.5 Å². The van der Waals surface area contributed by atoms with E-state index in [0.717, 1.165) is 36.7 Å². The van der Waals surface area contributed by atoms with Gasteiger partial charge < -0.3 is 10.1 Å². The zero-order chi connectivity index (χ0) is 12.7. The highest BCUT2D eigenvalue weighted by Crippen LogP contribution is 2.27. The molecule has 0 saturated carbocycles. The molecule has 1 unspecified atom stereocenters. The van der Waals surface area contributed by atoms with Crippen LogP contribution in [0.25, 0.3) is 0 Å². The number of nitrogens with zero attached hydrogens (tertiary/aromatic N) is 2. The Bertz CT molecular complexity index is 306. The van der Waals surface area contributed by atoms with Gasteiger partial charge in [0.25, 0.3) is 0 Å². The summed E-state index contributed by atoms with van der Waals surface area (Å²) in [6.45, 7) is 6.17. The number of thioether (sulfide) groups is 1. The van der Waals surface area contributed by atoms with E-state index in [1.165, 1.54) is 0 Å². The maximum Gasteiger partial charge on any atom is 0.161 e. The second-order valence-electron chi connectivity index (χ2n) is 3.88. The third kappa shape index (κ3) is 3.64. The van der Waals surface area contributed by atoms with Crippen molar-refractivity contribution in [2.24, 2.45) is 0 Å². The standard InChI is InChI=1S/C12H23N3OS/c1-5-7-13-10(9-17-4)12-11(16-3)8-14-15(12)6-2/h8,10,13H,5-7,9H2,1-4H3. The predicted molar refractivity (Wildman–Crippen MR) is 73.9 cm³/mol. The Morgan fingerprint density at radius 1 is 1.53 bits per heavy atom. The van der Waals surface area contributed by atoms with Gasteiger partial charge in [-0.15, -0.1) is 0 Å². The molecular weight excluding hydrogens is 234 g/mol. The van der Waals surface area contributed by atoms with E-state index in [-0.39, 0.29) is 0 Å². The van der Waals surface area contributed by atoms with Crippen LogP contribution < -0.4 is 10.1 Å². The predicted octanol–water partition coefficient (Wildman–Crippen LogP) is 2.32. The fourth-order valence-electron chi connectivity index (χ4n) is 1.86. The molecule has 4 nitrogen and oxygen atoms in total. The molecule has 0 aliphatic heterocycles. The molecule has 0 bridgehead atoms. The van der Waals surface area contributed by atoms with Gasteiger partial charge >= 0.3 is 0 Å². The van der Waals surface area contributed by atoms with Crippen molar-refractivity contribution < 1.29 is 4.74 Å². The van der Waals surface area contributed by atoms with E-state index < -0.39 is 0 Å². The van der Waals surface area contributed by atoms with Crippen LogP contribution in [0, 0.1) is 0 Å². The van der Waals surface area contributed by atoms with Crippen molar-refractivity contribution >= 4 is 11.8 Å². The molecule has 0 radical (unpaired) electrons. The first-order chi connectivity index (χ1) is 8.28. The van der Waals surface area contributed by atoms with Crippen LogP contribution in [0.4, 0.5) is 0 Å². The van der Waals surface area contributed by atoms with Gasteiger partial charge in [-0.1, -0.05) is 6.92 Å². The molecule has 1 N–H and O–H groups in total. The average molecular weight is 257 g/mol. The zero-order valence-corrected chi connectivity index (χ0v) is 12.0. The second kappa shape index (κ2) is 7.61. The van der Waals surface area contributed by atoms with Crippen molar-refractivity contribution in [1.82, 2.24) is 15.1 Å². The highest BCUT2D eigenvalue weighted by Gasteiger charge is 2.20. The summed E-state index contributed by atoms with van der Waals surface area (Å²) in [5.41, 5.74) is 1.16. The minimum Gasteiger partial charge on any atom is -0.493 e. The van der Waals surface area contributed by atoms with Crippen LogP contribution in [0.1, 0.15) is 32.0 Å². The lowest BCUT2D eigenvalue weighted by Crippen LogP contribution is -2.27. The van der Waals surface area contributed by atoms with Crippen LogP contribution in [-0.2, 0) is 6.54 Å². The van der Waals surface area contributed by atoms with Gasteiger partial charge in [0.2, 0.25) is 0 Å². The lowest BCUT2D eigenvalue weighted by atomic mass is 10.2. The van der Waals surface area contributed by atoms with Crippen molar-refractivity contribution in [2.45, 2.75) is 32.9 Å². The summed E-state index contributed by atoms with van der Waals surface area (Å²) in [7, 11) is 1.70. The monoisotopic (exact) mass is 257 g/mol. The molecule has 0 spiro atoms. The Morgan fingerprint density at radius 3 is 2.82 bits per heavy atom. The van der Waals surface area contributed by atoms with Crippen molar-refractivity contribution in [3.63, 3.8) is 0 Å². The topological polar surface area (TPSA) is 39.1 Å². The molecule has 17 heavy (non-hydrogen) atoms.